The molecular formula is C13H16FN5O. The molecule has 0 spiro atoms. The monoisotopic (exact) mass is 277 g/mol. The first-order chi connectivity index (χ1) is 9.78. The molecule has 1 atom stereocenters. The Balaban J connectivity index is 1.82. The molecule has 106 valence electrons. The Morgan fingerprint density at radius 2 is 2.35 bits per heavy atom. The Labute approximate surface area is 115 Å². The van der Waals surface area contributed by atoms with Crippen LogP contribution in [0.25, 0.3) is 5.69 Å². The predicted molar refractivity (Wildman–Crippen MR) is 71.1 cm³/mol. The zero-order chi connectivity index (χ0) is 13.9. The number of ether oxygens (including phenoxy) is 1. The van der Waals surface area contributed by atoms with Crippen LogP contribution >= 0.6 is 0 Å². The lowest BCUT2D eigenvalue weighted by Gasteiger charge is -2.19. The van der Waals surface area contributed by atoms with Crippen molar-refractivity contribution in [2.75, 3.05) is 19.0 Å². The first kappa shape index (κ1) is 13.0. The van der Waals surface area contributed by atoms with Crippen LogP contribution in [0.15, 0.2) is 24.5 Å². The number of hydrogen-bond acceptors (Lipinski definition) is 5. The average Bonchev–Trinajstić information content (AvgIpc) is 3.15. The van der Waals surface area contributed by atoms with Crippen LogP contribution in [-0.2, 0) is 4.74 Å². The topological polar surface area (TPSA) is 64.9 Å². The van der Waals surface area contributed by atoms with E-state index in [4.69, 9.17) is 4.74 Å². The van der Waals surface area contributed by atoms with Crippen molar-refractivity contribution in [1.82, 2.24) is 20.2 Å². The van der Waals surface area contributed by atoms with E-state index in [1.165, 1.54) is 17.1 Å². The number of halogens is 1. The molecule has 6 nitrogen and oxygen atoms in total. The molecule has 1 aliphatic rings. The van der Waals surface area contributed by atoms with Crippen molar-refractivity contribution in [2.45, 2.75) is 18.9 Å². The van der Waals surface area contributed by atoms with Gasteiger partial charge in [-0.25, -0.2) is 9.07 Å². The number of nitrogens with zero attached hydrogens (tertiary/aromatic N) is 4. The van der Waals surface area contributed by atoms with Gasteiger partial charge in [0.1, 0.15) is 12.1 Å². The van der Waals surface area contributed by atoms with Crippen LogP contribution in [0.4, 0.5) is 10.1 Å². The van der Waals surface area contributed by atoms with Crippen molar-refractivity contribution in [3.63, 3.8) is 0 Å². The maximum absolute atomic E-state index is 13.9. The molecule has 0 bridgehead atoms. The Morgan fingerprint density at radius 3 is 3.00 bits per heavy atom. The molecule has 0 saturated heterocycles. The average molecular weight is 277 g/mol. The number of methoxy groups -OCH3 is 1. The number of anilines is 1. The fraction of sp³-hybridized carbons (Fsp3) is 0.462. The molecule has 7 heteroatoms. The first-order valence-electron chi connectivity index (χ1n) is 6.56. The van der Waals surface area contributed by atoms with Gasteiger partial charge in [-0.05, 0) is 47.4 Å². The van der Waals surface area contributed by atoms with Crippen LogP contribution in [0.1, 0.15) is 12.8 Å². The van der Waals surface area contributed by atoms with Gasteiger partial charge in [-0.3, -0.25) is 0 Å². The molecule has 0 amide bonds. The zero-order valence-electron chi connectivity index (χ0n) is 11.2. The van der Waals surface area contributed by atoms with Gasteiger partial charge in [0.15, 0.2) is 0 Å². The second kappa shape index (κ2) is 5.54. The van der Waals surface area contributed by atoms with E-state index in [0.717, 1.165) is 12.8 Å². The van der Waals surface area contributed by atoms with Crippen molar-refractivity contribution in [3.05, 3.63) is 30.3 Å². The van der Waals surface area contributed by atoms with Crippen LogP contribution in [0.5, 0.6) is 0 Å². The van der Waals surface area contributed by atoms with Crippen molar-refractivity contribution in [1.29, 1.82) is 0 Å². The third kappa shape index (κ3) is 2.77. The van der Waals surface area contributed by atoms with Crippen molar-refractivity contribution in [3.8, 4) is 5.69 Å². The summed E-state index contributed by atoms with van der Waals surface area (Å²) in [6.45, 7) is 0.569. The van der Waals surface area contributed by atoms with Gasteiger partial charge in [-0.1, -0.05) is 0 Å². The maximum Gasteiger partial charge on any atom is 0.146 e. The molecule has 20 heavy (non-hydrogen) atoms. The van der Waals surface area contributed by atoms with Crippen molar-refractivity contribution in [2.24, 2.45) is 5.92 Å². The molecule has 1 unspecified atom stereocenters. The predicted octanol–water partition coefficient (Wildman–Crippen LogP) is 1.64. The second-order valence-electron chi connectivity index (χ2n) is 4.96. The number of rotatable bonds is 6. The third-order valence-electron chi connectivity index (χ3n) is 3.44. The smallest absolute Gasteiger partial charge is 0.146 e. The van der Waals surface area contributed by atoms with Gasteiger partial charge in [0.2, 0.25) is 0 Å². The fourth-order valence-corrected chi connectivity index (χ4v) is 2.22. The number of hydrogen-bond donors (Lipinski definition) is 1. The molecule has 1 aromatic heterocycles. The molecule has 1 heterocycles. The summed E-state index contributed by atoms with van der Waals surface area (Å²) in [5, 5.41) is 14.2. The lowest BCUT2D eigenvalue weighted by Crippen LogP contribution is -2.27. The van der Waals surface area contributed by atoms with E-state index in [1.807, 2.05) is 0 Å². The Hall–Kier alpha value is -2.02. The number of aromatic nitrogens is 4. The van der Waals surface area contributed by atoms with E-state index >= 15 is 0 Å². The molecule has 2 aromatic rings. The van der Waals surface area contributed by atoms with Gasteiger partial charge in [0.05, 0.1) is 24.0 Å². The molecule has 1 N–H and O–H groups in total. The first-order valence-corrected chi connectivity index (χ1v) is 6.56. The summed E-state index contributed by atoms with van der Waals surface area (Å²) in [4.78, 5) is 0. The normalized spacial score (nSPS) is 16.1. The Bertz CT molecular complexity index is 570. The summed E-state index contributed by atoms with van der Waals surface area (Å²) in [7, 11) is 1.66. The number of nitrogens with one attached hydrogen (secondary N) is 1. The molecule has 0 radical (unpaired) electrons. The highest BCUT2D eigenvalue weighted by Gasteiger charge is 2.31. The minimum Gasteiger partial charge on any atom is -0.383 e. The summed E-state index contributed by atoms with van der Waals surface area (Å²) in [5.74, 6) is 0.273. The van der Waals surface area contributed by atoms with Crippen LogP contribution < -0.4 is 5.32 Å². The van der Waals surface area contributed by atoms with Gasteiger partial charge in [-0.15, -0.1) is 5.10 Å². The van der Waals surface area contributed by atoms with Crippen molar-refractivity contribution >= 4 is 5.69 Å². The molecule has 1 aliphatic carbocycles. The highest BCUT2D eigenvalue weighted by molar-refractivity contribution is 5.52. The Morgan fingerprint density at radius 1 is 1.50 bits per heavy atom. The second-order valence-corrected chi connectivity index (χ2v) is 4.96. The van der Waals surface area contributed by atoms with Gasteiger partial charge in [0, 0.05) is 7.11 Å². The molecular weight excluding hydrogens is 261 g/mol. The lowest BCUT2D eigenvalue weighted by atomic mass is 10.1. The zero-order valence-corrected chi connectivity index (χ0v) is 11.2. The number of benzene rings is 1. The van der Waals surface area contributed by atoms with E-state index < -0.39 is 0 Å². The van der Waals surface area contributed by atoms with Crippen LogP contribution in [0.3, 0.4) is 0 Å². The van der Waals surface area contributed by atoms with Crippen molar-refractivity contribution < 1.29 is 9.13 Å². The summed E-state index contributed by atoms with van der Waals surface area (Å²) < 4.78 is 20.6. The summed E-state index contributed by atoms with van der Waals surface area (Å²) in [5.41, 5.74) is 1.16. The minimum absolute atomic E-state index is 0.138. The minimum atomic E-state index is -0.288. The lowest BCUT2D eigenvalue weighted by molar-refractivity contribution is 0.179. The third-order valence-corrected chi connectivity index (χ3v) is 3.44. The van der Waals surface area contributed by atoms with E-state index in [9.17, 15) is 4.39 Å². The quantitative estimate of drug-likeness (QED) is 0.869. The van der Waals surface area contributed by atoms with E-state index in [2.05, 4.69) is 20.8 Å². The Kier molecular flexibility index (Phi) is 3.60. The van der Waals surface area contributed by atoms with Gasteiger partial charge in [-0.2, -0.15) is 0 Å². The van der Waals surface area contributed by atoms with Crippen LogP contribution in [-0.4, -0.2) is 40.0 Å². The molecule has 3 rings (SSSR count). The van der Waals surface area contributed by atoms with Crippen LogP contribution in [0.2, 0.25) is 0 Å². The molecule has 0 aliphatic heterocycles. The summed E-state index contributed by atoms with van der Waals surface area (Å²) in [6.07, 6.45) is 3.80. The van der Waals surface area contributed by atoms with E-state index in [0.29, 0.717) is 23.9 Å². The SMILES string of the molecule is COCC(Nc1cc(-n2cnnn2)ccc1F)C1CC1. The van der Waals surface area contributed by atoms with Gasteiger partial charge in [0.25, 0.3) is 0 Å². The van der Waals surface area contributed by atoms with Crippen LogP contribution in [0, 0.1) is 11.7 Å². The molecule has 1 aromatic carbocycles. The van der Waals surface area contributed by atoms with Gasteiger partial charge >= 0.3 is 0 Å². The number of tetrazole rings is 1. The maximum atomic E-state index is 13.9. The molecule has 1 fully saturated rings. The standard InChI is InChI=1S/C13H16FN5O/c1-20-7-13(9-2-3-9)16-12-6-10(4-5-11(12)14)19-8-15-17-18-19/h4-6,8-9,13,16H,2-3,7H2,1H3. The highest BCUT2D eigenvalue weighted by atomic mass is 19.1. The van der Waals surface area contributed by atoms with E-state index in [-0.39, 0.29) is 11.9 Å². The van der Waals surface area contributed by atoms with Gasteiger partial charge < -0.3 is 10.1 Å². The summed E-state index contributed by atoms with van der Waals surface area (Å²) in [6, 6.07) is 4.89. The largest absolute Gasteiger partial charge is 0.383 e. The van der Waals surface area contributed by atoms with E-state index in [1.54, 1.807) is 19.2 Å². The molecule has 1 saturated carbocycles. The fourth-order valence-electron chi connectivity index (χ4n) is 2.22. The highest BCUT2D eigenvalue weighted by Crippen LogP contribution is 2.35. The summed E-state index contributed by atoms with van der Waals surface area (Å²) >= 11 is 0.